The SMILES string of the molecule is Cc1ncc([N+](=O)[O-])n1CCN1C(=O)S/C(=C/c2cccs2)C1=O. The van der Waals surface area contributed by atoms with Gasteiger partial charge in [0.25, 0.3) is 11.1 Å². The molecule has 1 saturated heterocycles. The van der Waals surface area contributed by atoms with Gasteiger partial charge in [0.2, 0.25) is 0 Å². The first-order chi connectivity index (χ1) is 11.5. The lowest BCUT2D eigenvalue weighted by molar-refractivity contribution is -0.392. The Bertz CT molecular complexity index is 841. The van der Waals surface area contributed by atoms with Crippen molar-refractivity contribution in [3.8, 4) is 0 Å². The Kier molecular flexibility index (Phi) is 4.49. The lowest BCUT2D eigenvalue weighted by atomic mass is 10.3. The van der Waals surface area contributed by atoms with Crippen molar-refractivity contribution in [3.05, 3.63) is 49.4 Å². The molecule has 10 heteroatoms. The number of thiophene rings is 1. The summed E-state index contributed by atoms with van der Waals surface area (Å²) >= 11 is 2.35. The first-order valence-corrected chi connectivity index (χ1v) is 8.62. The van der Waals surface area contributed by atoms with Gasteiger partial charge < -0.3 is 10.1 Å². The topological polar surface area (TPSA) is 98.3 Å². The van der Waals surface area contributed by atoms with Gasteiger partial charge in [-0.25, -0.2) is 9.55 Å². The van der Waals surface area contributed by atoms with E-state index in [9.17, 15) is 19.7 Å². The maximum atomic E-state index is 12.4. The smallest absolute Gasteiger partial charge is 0.342 e. The standard InChI is InChI=1S/C14H12N4O4S2/c1-9-15-8-12(18(21)22)16(9)4-5-17-13(19)11(24-14(17)20)7-10-3-2-6-23-10/h2-3,6-8H,4-5H2,1H3/b11-7+. The summed E-state index contributed by atoms with van der Waals surface area (Å²) in [4.78, 5) is 41.1. The lowest BCUT2D eigenvalue weighted by Crippen LogP contribution is -2.31. The molecular weight excluding hydrogens is 352 g/mol. The molecule has 0 unspecified atom stereocenters. The van der Waals surface area contributed by atoms with Gasteiger partial charge in [-0.05, 0) is 34.2 Å². The molecule has 1 fully saturated rings. The summed E-state index contributed by atoms with van der Waals surface area (Å²) < 4.78 is 1.38. The van der Waals surface area contributed by atoms with E-state index in [4.69, 9.17) is 0 Å². The third kappa shape index (κ3) is 3.10. The van der Waals surface area contributed by atoms with Gasteiger partial charge >= 0.3 is 5.82 Å². The predicted molar refractivity (Wildman–Crippen MR) is 90.6 cm³/mol. The Morgan fingerprint density at radius 2 is 2.17 bits per heavy atom. The third-order valence-corrected chi connectivity index (χ3v) is 5.19. The average molecular weight is 364 g/mol. The molecule has 0 aromatic carbocycles. The number of hydrogen-bond acceptors (Lipinski definition) is 7. The number of rotatable bonds is 5. The highest BCUT2D eigenvalue weighted by molar-refractivity contribution is 8.18. The first kappa shape index (κ1) is 16.4. The van der Waals surface area contributed by atoms with E-state index in [1.807, 2.05) is 17.5 Å². The van der Waals surface area contributed by atoms with E-state index in [1.165, 1.54) is 22.1 Å². The molecule has 1 aliphatic rings. The summed E-state index contributed by atoms with van der Waals surface area (Å²) in [6.45, 7) is 1.83. The largest absolute Gasteiger partial charge is 0.358 e. The van der Waals surface area contributed by atoms with Crippen LogP contribution in [0.4, 0.5) is 10.6 Å². The Hall–Kier alpha value is -2.46. The highest BCUT2D eigenvalue weighted by atomic mass is 32.2. The number of imidazole rings is 1. The van der Waals surface area contributed by atoms with E-state index >= 15 is 0 Å². The van der Waals surface area contributed by atoms with Gasteiger partial charge in [-0.15, -0.1) is 11.3 Å². The zero-order valence-corrected chi connectivity index (χ0v) is 14.2. The molecule has 0 aliphatic carbocycles. The third-order valence-electron chi connectivity index (χ3n) is 3.46. The Morgan fingerprint density at radius 3 is 2.83 bits per heavy atom. The van der Waals surface area contributed by atoms with Crippen molar-refractivity contribution in [2.24, 2.45) is 0 Å². The fraction of sp³-hybridized carbons (Fsp3) is 0.214. The van der Waals surface area contributed by atoms with Gasteiger partial charge in [-0.2, -0.15) is 0 Å². The minimum Gasteiger partial charge on any atom is -0.358 e. The molecule has 2 amide bonds. The van der Waals surface area contributed by atoms with Crippen molar-refractivity contribution < 1.29 is 14.5 Å². The number of carbonyl (C=O) groups is 2. The molecule has 24 heavy (non-hydrogen) atoms. The minimum absolute atomic E-state index is 0.0600. The molecule has 3 rings (SSSR count). The van der Waals surface area contributed by atoms with Crippen LogP contribution in [0.1, 0.15) is 10.7 Å². The maximum Gasteiger partial charge on any atom is 0.342 e. The summed E-state index contributed by atoms with van der Waals surface area (Å²) in [5, 5.41) is 12.5. The van der Waals surface area contributed by atoms with Crippen molar-refractivity contribution in [3.63, 3.8) is 0 Å². The van der Waals surface area contributed by atoms with Gasteiger partial charge in [0, 0.05) is 11.8 Å². The molecule has 0 bridgehead atoms. The highest BCUT2D eigenvalue weighted by Crippen LogP contribution is 2.33. The number of aryl methyl sites for hydroxylation is 1. The Labute approximate surface area is 144 Å². The van der Waals surface area contributed by atoms with Crippen LogP contribution in [0.3, 0.4) is 0 Å². The lowest BCUT2D eigenvalue weighted by Gasteiger charge is -2.11. The molecule has 0 saturated carbocycles. The van der Waals surface area contributed by atoms with Crippen LogP contribution in [-0.2, 0) is 11.3 Å². The molecule has 0 N–H and O–H groups in total. The van der Waals surface area contributed by atoms with E-state index in [0.29, 0.717) is 10.7 Å². The fourth-order valence-electron chi connectivity index (χ4n) is 2.27. The zero-order valence-electron chi connectivity index (χ0n) is 12.5. The van der Waals surface area contributed by atoms with Crippen LogP contribution in [0, 0.1) is 17.0 Å². The second-order valence-corrected chi connectivity index (χ2v) is 6.89. The highest BCUT2D eigenvalue weighted by Gasteiger charge is 2.35. The van der Waals surface area contributed by atoms with Crippen LogP contribution >= 0.6 is 23.1 Å². The number of nitrogens with zero attached hydrogens (tertiary/aromatic N) is 4. The van der Waals surface area contributed by atoms with Crippen LogP contribution in [-0.4, -0.2) is 37.1 Å². The van der Waals surface area contributed by atoms with Crippen molar-refractivity contribution in [2.45, 2.75) is 13.5 Å². The minimum atomic E-state index is -0.537. The van der Waals surface area contributed by atoms with Crippen LogP contribution in [0.25, 0.3) is 6.08 Å². The molecule has 1 aliphatic heterocycles. The van der Waals surface area contributed by atoms with Gasteiger partial charge in [-0.1, -0.05) is 6.07 Å². The molecule has 0 atom stereocenters. The molecule has 2 aromatic heterocycles. The van der Waals surface area contributed by atoms with Crippen molar-refractivity contribution in [1.82, 2.24) is 14.5 Å². The number of imide groups is 1. The zero-order chi connectivity index (χ0) is 17.3. The second kappa shape index (κ2) is 6.57. The van der Waals surface area contributed by atoms with E-state index in [1.54, 1.807) is 13.0 Å². The van der Waals surface area contributed by atoms with Crippen LogP contribution in [0.2, 0.25) is 0 Å². The summed E-state index contributed by atoms with van der Waals surface area (Å²) in [6.07, 6.45) is 2.85. The Morgan fingerprint density at radius 1 is 1.38 bits per heavy atom. The summed E-state index contributed by atoms with van der Waals surface area (Å²) in [7, 11) is 0. The van der Waals surface area contributed by atoms with Crippen LogP contribution in [0.15, 0.2) is 28.6 Å². The molecule has 2 aromatic rings. The molecule has 124 valence electrons. The predicted octanol–water partition coefficient (Wildman–Crippen LogP) is 2.90. The van der Waals surface area contributed by atoms with Gasteiger partial charge in [0.05, 0.1) is 11.4 Å². The van der Waals surface area contributed by atoms with Gasteiger partial charge in [0.15, 0.2) is 5.82 Å². The number of thioether (sulfide) groups is 1. The maximum absolute atomic E-state index is 12.4. The molecule has 3 heterocycles. The van der Waals surface area contributed by atoms with E-state index in [-0.39, 0.29) is 30.1 Å². The Balaban J connectivity index is 1.74. The van der Waals surface area contributed by atoms with Gasteiger partial charge in [0.1, 0.15) is 12.7 Å². The quantitative estimate of drug-likeness (QED) is 0.460. The van der Waals surface area contributed by atoms with E-state index in [0.717, 1.165) is 21.5 Å². The van der Waals surface area contributed by atoms with E-state index < -0.39 is 4.92 Å². The fourth-order valence-corrected chi connectivity index (χ4v) is 3.86. The second-order valence-electron chi connectivity index (χ2n) is 4.92. The summed E-state index contributed by atoms with van der Waals surface area (Å²) in [5.74, 6) is -0.0739. The summed E-state index contributed by atoms with van der Waals surface area (Å²) in [6, 6.07) is 3.72. The first-order valence-electron chi connectivity index (χ1n) is 6.93. The molecule has 0 radical (unpaired) electrons. The number of nitro groups is 1. The number of carbonyl (C=O) groups excluding carboxylic acids is 2. The van der Waals surface area contributed by atoms with Crippen molar-refractivity contribution in [2.75, 3.05) is 6.54 Å². The number of aromatic nitrogens is 2. The van der Waals surface area contributed by atoms with Gasteiger partial charge in [-0.3, -0.25) is 14.5 Å². The van der Waals surface area contributed by atoms with Crippen molar-refractivity contribution >= 4 is 46.1 Å². The average Bonchev–Trinajstić information content (AvgIpc) is 3.21. The normalized spacial score (nSPS) is 16.4. The number of amides is 2. The summed E-state index contributed by atoms with van der Waals surface area (Å²) in [5.41, 5.74) is 0. The molecule has 8 nitrogen and oxygen atoms in total. The van der Waals surface area contributed by atoms with Crippen LogP contribution < -0.4 is 0 Å². The van der Waals surface area contributed by atoms with Crippen LogP contribution in [0.5, 0.6) is 0 Å². The van der Waals surface area contributed by atoms with Crippen molar-refractivity contribution in [1.29, 1.82) is 0 Å². The van der Waals surface area contributed by atoms with E-state index in [2.05, 4.69) is 4.98 Å². The number of hydrogen-bond donors (Lipinski definition) is 0. The monoisotopic (exact) mass is 364 g/mol. The molecular formula is C14H12N4O4S2. The molecule has 0 spiro atoms.